The topological polar surface area (TPSA) is 56.7 Å². The van der Waals surface area contributed by atoms with Gasteiger partial charge < -0.3 is 15.5 Å². The molecule has 0 saturated heterocycles. The number of nitrogens with zero attached hydrogens (tertiary/aromatic N) is 2. The summed E-state index contributed by atoms with van der Waals surface area (Å²) in [5.41, 5.74) is 0.993. The Hall–Kier alpha value is -2.11. The van der Waals surface area contributed by atoms with Crippen molar-refractivity contribution in [3.8, 4) is 0 Å². The van der Waals surface area contributed by atoms with Crippen molar-refractivity contribution in [3.63, 3.8) is 0 Å². The normalized spacial score (nSPS) is 11.2. The fourth-order valence-electron chi connectivity index (χ4n) is 1.96. The molecule has 122 valence electrons. The van der Waals surface area contributed by atoms with Crippen LogP contribution in [0.4, 0.5) is 4.39 Å². The first-order valence-corrected chi connectivity index (χ1v) is 7.49. The van der Waals surface area contributed by atoms with E-state index in [0.717, 1.165) is 12.0 Å². The Kier molecular flexibility index (Phi) is 7.96. The van der Waals surface area contributed by atoms with E-state index in [1.807, 2.05) is 18.9 Å². The predicted octanol–water partition coefficient (Wildman–Crippen LogP) is 1.75. The highest BCUT2D eigenvalue weighted by atomic mass is 19.1. The Morgan fingerprint density at radius 3 is 2.50 bits per heavy atom. The molecule has 2 N–H and O–H groups in total. The minimum absolute atomic E-state index is 0.0333. The molecule has 0 bridgehead atoms. The second kappa shape index (κ2) is 9.76. The quantitative estimate of drug-likeness (QED) is 0.596. The Bertz CT molecular complexity index is 487. The number of halogens is 1. The number of carbonyl (C=O) groups excluding carboxylic acids is 1. The van der Waals surface area contributed by atoms with E-state index in [1.165, 1.54) is 12.1 Å². The van der Waals surface area contributed by atoms with Gasteiger partial charge in [-0.3, -0.25) is 9.79 Å². The molecule has 0 aliphatic heterocycles. The molecule has 0 unspecified atom stereocenters. The van der Waals surface area contributed by atoms with Gasteiger partial charge in [0.05, 0.1) is 0 Å². The van der Waals surface area contributed by atoms with E-state index in [0.29, 0.717) is 32.0 Å². The van der Waals surface area contributed by atoms with E-state index in [2.05, 4.69) is 15.6 Å². The fraction of sp³-hybridized carbons (Fsp3) is 0.500. The van der Waals surface area contributed by atoms with E-state index >= 15 is 0 Å². The first-order chi connectivity index (χ1) is 10.6. The third-order valence-corrected chi connectivity index (χ3v) is 3.11. The lowest BCUT2D eigenvalue weighted by atomic mass is 10.2. The molecule has 1 rings (SSSR count). The molecular weight excluding hydrogens is 283 g/mol. The average molecular weight is 308 g/mol. The number of hydrogen-bond donors (Lipinski definition) is 2. The molecule has 0 aliphatic carbocycles. The standard InChI is InChI=1S/C16H25FN4O/c1-4-10-19-15(22)9-11-20-16(18-2)21(3)12-13-5-7-14(17)8-6-13/h5-8H,4,9-12H2,1-3H3,(H,18,20)(H,19,22). The van der Waals surface area contributed by atoms with Crippen LogP contribution in [-0.2, 0) is 11.3 Å². The summed E-state index contributed by atoms with van der Waals surface area (Å²) in [5, 5.41) is 5.98. The summed E-state index contributed by atoms with van der Waals surface area (Å²) >= 11 is 0. The summed E-state index contributed by atoms with van der Waals surface area (Å²) in [4.78, 5) is 17.6. The number of nitrogens with one attached hydrogen (secondary N) is 2. The van der Waals surface area contributed by atoms with Crippen LogP contribution in [0.3, 0.4) is 0 Å². The second-order valence-corrected chi connectivity index (χ2v) is 5.06. The van der Waals surface area contributed by atoms with Gasteiger partial charge in [-0.25, -0.2) is 4.39 Å². The number of carbonyl (C=O) groups is 1. The second-order valence-electron chi connectivity index (χ2n) is 5.06. The van der Waals surface area contributed by atoms with Crippen molar-refractivity contribution in [3.05, 3.63) is 35.6 Å². The minimum Gasteiger partial charge on any atom is -0.356 e. The third kappa shape index (κ3) is 6.56. The van der Waals surface area contributed by atoms with Crippen molar-refractivity contribution in [2.24, 2.45) is 4.99 Å². The van der Waals surface area contributed by atoms with Crippen LogP contribution in [0.1, 0.15) is 25.3 Å². The van der Waals surface area contributed by atoms with Crippen LogP contribution >= 0.6 is 0 Å². The first kappa shape index (κ1) is 17.9. The van der Waals surface area contributed by atoms with Crippen molar-refractivity contribution in [1.82, 2.24) is 15.5 Å². The van der Waals surface area contributed by atoms with Crippen molar-refractivity contribution in [2.75, 3.05) is 27.2 Å². The molecule has 0 heterocycles. The van der Waals surface area contributed by atoms with Crippen molar-refractivity contribution in [2.45, 2.75) is 26.3 Å². The van der Waals surface area contributed by atoms with E-state index in [9.17, 15) is 9.18 Å². The number of rotatable bonds is 7. The molecule has 22 heavy (non-hydrogen) atoms. The molecular formula is C16H25FN4O. The predicted molar refractivity (Wildman–Crippen MR) is 87.1 cm³/mol. The Morgan fingerprint density at radius 2 is 1.91 bits per heavy atom. The summed E-state index contributed by atoms with van der Waals surface area (Å²) in [6.07, 6.45) is 1.34. The highest BCUT2D eigenvalue weighted by Crippen LogP contribution is 2.05. The SMILES string of the molecule is CCCNC(=O)CCNC(=NC)N(C)Cc1ccc(F)cc1. The zero-order valence-corrected chi connectivity index (χ0v) is 13.5. The van der Waals surface area contributed by atoms with Crippen molar-refractivity contribution >= 4 is 11.9 Å². The summed E-state index contributed by atoms with van der Waals surface area (Å²) in [6.45, 7) is 3.86. The number of aliphatic imine (C=N–C) groups is 1. The molecule has 0 radical (unpaired) electrons. The van der Waals surface area contributed by atoms with Gasteiger partial charge in [0, 0.05) is 40.2 Å². The van der Waals surface area contributed by atoms with Gasteiger partial charge in [0.1, 0.15) is 5.82 Å². The third-order valence-electron chi connectivity index (χ3n) is 3.11. The maximum Gasteiger partial charge on any atom is 0.221 e. The molecule has 6 heteroatoms. The largest absolute Gasteiger partial charge is 0.356 e. The lowest BCUT2D eigenvalue weighted by Crippen LogP contribution is -2.40. The van der Waals surface area contributed by atoms with E-state index < -0.39 is 0 Å². The van der Waals surface area contributed by atoms with Crippen LogP contribution in [0, 0.1) is 5.82 Å². The lowest BCUT2D eigenvalue weighted by molar-refractivity contribution is -0.120. The number of guanidine groups is 1. The molecule has 0 aromatic heterocycles. The zero-order valence-electron chi connectivity index (χ0n) is 13.5. The van der Waals surface area contributed by atoms with Crippen LogP contribution in [0.15, 0.2) is 29.3 Å². The molecule has 1 amide bonds. The highest BCUT2D eigenvalue weighted by molar-refractivity contribution is 5.81. The Morgan fingerprint density at radius 1 is 1.23 bits per heavy atom. The summed E-state index contributed by atoms with van der Waals surface area (Å²) in [5.74, 6) is 0.491. The molecule has 0 spiro atoms. The van der Waals surface area contributed by atoms with Gasteiger partial charge in [0.2, 0.25) is 5.91 Å². The number of amides is 1. The van der Waals surface area contributed by atoms with Gasteiger partial charge in [0.25, 0.3) is 0 Å². The van der Waals surface area contributed by atoms with Crippen molar-refractivity contribution in [1.29, 1.82) is 0 Å². The van der Waals surface area contributed by atoms with E-state index in [1.54, 1.807) is 19.2 Å². The molecule has 0 aliphatic rings. The number of hydrogen-bond acceptors (Lipinski definition) is 2. The Labute approximate surface area is 131 Å². The molecule has 5 nitrogen and oxygen atoms in total. The minimum atomic E-state index is -0.244. The Balaban J connectivity index is 2.40. The van der Waals surface area contributed by atoms with Gasteiger partial charge in [-0.15, -0.1) is 0 Å². The van der Waals surface area contributed by atoms with Gasteiger partial charge in [-0.1, -0.05) is 19.1 Å². The van der Waals surface area contributed by atoms with Gasteiger partial charge >= 0.3 is 0 Å². The maximum atomic E-state index is 12.9. The number of benzene rings is 1. The van der Waals surface area contributed by atoms with Crippen LogP contribution in [0.25, 0.3) is 0 Å². The molecule has 1 aromatic carbocycles. The highest BCUT2D eigenvalue weighted by Gasteiger charge is 2.07. The van der Waals surface area contributed by atoms with Crippen LogP contribution in [0.5, 0.6) is 0 Å². The fourth-order valence-corrected chi connectivity index (χ4v) is 1.96. The van der Waals surface area contributed by atoms with Crippen LogP contribution in [-0.4, -0.2) is 44.0 Å². The smallest absolute Gasteiger partial charge is 0.221 e. The first-order valence-electron chi connectivity index (χ1n) is 7.49. The molecule has 0 atom stereocenters. The van der Waals surface area contributed by atoms with Gasteiger partial charge in [-0.05, 0) is 24.1 Å². The van der Waals surface area contributed by atoms with Crippen LogP contribution < -0.4 is 10.6 Å². The summed E-state index contributed by atoms with van der Waals surface area (Å²) in [7, 11) is 3.59. The van der Waals surface area contributed by atoms with E-state index in [4.69, 9.17) is 0 Å². The lowest BCUT2D eigenvalue weighted by Gasteiger charge is -2.22. The van der Waals surface area contributed by atoms with Gasteiger partial charge in [0.15, 0.2) is 5.96 Å². The summed E-state index contributed by atoms with van der Waals surface area (Å²) < 4.78 is 12.9. The average Bonchev–Trinajstić information content (AvgIpc) is 2.51. The van der Waals surface area contributed by atoms with Crippen molar-refractivity contribution < 1.29 is 9.18 Å². The van der Waals surface area contributed by atoms with E-state index in [-0.39, 0.29) is 11.7 Å². The molecule has 1 aromatic rings. The maximum absolute atomic E-state index is 12.9. The molecule has 0 saturated carbocycles. The van der Waals surface area contributed by atoms with Crippen LogP contribution in [0.2, 0.25) is 0 Å². The zero-order chi connectivity index (χ0) is 16.4. The molecule has 0 fully saturated rings. The van der Waals surface area contributed by atoms with Gasteiger partial charge in [-0.2, -0.15) is 0 Å². The monoisotopic (exact) mass is 308 g/mol. The summed E-state index contributed by atoms with van der Waals surface area (Å²) in [6, 6.07) is 6.38.